The number of benzene rings is 2. The topological polar surface area (TPSA) is 88.9 Å². The van der Waals surface area contributed by atoms with Crippen LogP contribution in [0.1, 0.15) is 76.1 Å². The highest BCUT2D eigenvalue weighted by Gasteiger charge is 2.24. The number of rotatable bonds is 6. The summed E-state index contributed by atoms with van der Waals surface area (Å²) in [4.78, 5) is 35.4. The second-order valence-corrected chi connectivity index (χ2v) is 9.85. The molecule has 2 N–H and O–H groups in total. The Morgan fingerprint density at radius 2 is 1.88 bits per heavy atom. The smallest absolute Gasteiger partial charge is 0.255 e. The van der Waals surface area contributed by atoms with Crippen LogP contribution >= 0.6 is 11.3 Å². The zero-order chi connectivity index (χ0) is 23.7. The quantitative estimate of drug-likeness (QED) is 0.378. The fourth-order valence-corrected chi connectivity index (χ4v) is 5.30. The van der Waals surface area contributed by atoms with Crippen LogP contribution in [0.5, 0.6) is 0 Å². The van der Waals surface area contributed by atoms with Crippen LogP contribution in [-0.4, -0.2) is 26.3 Å². The van der Waals surface area contributed by atoms with E-state index < -0.39 is 0 Å². The number of nitrogens with zero attached hydrogens (tertiary/aromatic N) is 3. The van der Waals surface area contributed by atoms with Crippen molar-refractivity contribution in [3.63, 3.8) is 0 Å². The van der Waals surface area contributed by atoms with E-state index in [1.54, 1.807) is 29.5 Å². The Balaban J connectivity index is 1.51. The van der Waals surface area contributed by atoms with Crippen LogP contribution in [0.15, 0.2) is 54.2 Å². The van der Waals surface area contributed by atoms with Gasteiger partial charge in [-0.25, -0.2) is 9.97 Å². The van der Waals surface area contributed by atoms with Gasteiger partial charge in [-0.2, -0.15) is 0 Å². The van der Waals surface area contributed by atoms with E-state index in [-0.39, 0.29) is 17.9 Å². The summed E-state index contributed by atoms with van der Waals surface area (Å²) in [5, 5.41) is 8.95. The molecule has 174 valence electrons. The minimum atomic E-state index is -0.238. The maximum absolute atomic E-state index is 13.5. The van der Waals surface area contributed by atoms with Crippen molar-refractivity contribution in [1.29, 1.82) is 0 Å². The molecule has 2 aromatic heterocycles. The number of hydrogen-bond acceptors (Lipinski definition) is 5. The zero-order valence-electron chi connectivity index (χ0n) is 19.2. The number of aryl methyl sites for hydroxylation is 1. The molecule has 2 heterocycles. The number of amides is 2. The minimum absolute atomic E-state index is 0.210. The van der Waals surface area contributed by atoms with Gasteiger partial charge in [-0.1, -0.05) is 31.0 Å². The number of carbonyl (C=O) groups is 2. The van der Waals surface area contributed by atoms with Crippen molar-refractivity contribution in [3.05, 3.63) is 76.0 Å². The molecule has 34 heavy (non-hydrogen) atoms. The molecule has 1 aliphatic carbocycles. The van der Waals surface area contributed by atoms with Gasteiger partial charge in [0, 0.05) is 22.7 Å². The maximum Gasteiger partial charge on any atom is 0.255 e. The highest BCUT2D eigenvalue weighted by Crippen LogP contribution is 2.34. The third-order valence-electron chi connectivity index (χ3n) is 6.35. The second-order valence-electron chi connectivity index (χ2n) is 8.79. The molecule has 5 rings (SSSR count). The van der Waals surface area contributed by atoms with Crippen molar-refractivity contribution in [2.75, 3.05) is 5.32 Å². The molecule has 2 aromatic carbocycles. The second kappa shape index (κ2) is 9.38. The Morgan fingerprint density at radius 1 is 1.12 bits per heavy atom. The number of thiazole rings is 1. The fourth-order valence-electron chi connectivity index (χ4n) is 4.60. The molecule has 1 atom stereocenters. The van der Waals surface area contributed by atoms with Crippen LogP contribution in [0.3, 0.4) is 0 Å². The predicted octanol–water partition coefficient (Wildman–Crippen LogP) is 5.66. The van der Waals surface area contributed by atoms with E-state index in [1.807, 2.05) is 49.8 Å². The van der Waals surface area contributed by atoms with Gasteiger partial charge >= 0.3 is 0 Å². The van der Waals surface area contributed by atoms with Gasteiger partial charge in [0.15, 0.2) is 0 Å². The third-order valence-corrected chi connectivity index (χ3v) is 7.15. The zero-order valence-corrected chi connectivity index (χ0v) is 20.1. The van der Waals surface area contributed by atoms with Crippen LogP contribution in [0.25, 0.3) is 11.0 Å². The lowest BCUT2D eigenvalue weighted by Crippen LogP contribution is -2.27. The van der Waals surface area contributed by atoms with Gasteiger partial charge < -0.3 is 15.2 Å². The summed E-state index contributed by atoms with van der Waals surface area (Å²) >= 11 is 1.56. The molecule has 0 radical (unpaired) electrons. The molecule has 1 aliphatic rings. The molecule has 1 saturated carbocycles. The lowest BCUT2D eigenvalue weighted by atomic mass is 10.1. The Hall–Kier alpha value is -3.52. The molecule has 0 bridgehead atoms. The predicted molar refractivity (Wildman–Crippen MR) is 134 cm³/mol. The molecule has 8 heteroatoms. The average Bonchev–Trinajstić information content (AvgIpc) is 3.59. The van der Waals surface area contributed by atoms with Gasteiger partial charge in [0.05, 0.1) is 39.7 Å². The number of nitrogens with one attached hydrogen (secondary N) is 2. The summed E-state index contributed by atoms with van der Waals surface area (Å²) in [5.41, 5.74) is 3.94. The third kappa shape index (κ3) is 4.46. The van der Waals surface area contributed by atoms with Crippen molar-refractivity contribution >= 4 is 39.9 Å². The largest absolute Gasteiger partial charge is 0.344 e. The molecule has 1 unspecified atom stereocenters. The van der Waals surface area contributed by atoms with E-state index in [0.717, 1.165) is 29.1 Å². The Bertz CT molecular complexity index is 1340. The van der Waals surface area contributed by atoms with Crippen LogP contribution in [0.2, 0.25) is 0 Å². The first-order valence-corrected chi connectivity index (χ1v) is 12.5. The summed E-state index contributed by atoms with van der Waals surface area (Å²) < 4.78 is 2.14. The van der Waals surface area contributed by atoms with Gasteiger partial charge in [0.1, 0.15) is 0 Å². The van der Waals surface area contributed by atoms with Crippen molar-refractivity contribution < 1.29 is 9.59 Å². The molecule has 0 saturated heterocycles. The SMILES string of the molecule is Cc1nc(C(C)NC(=O)c2cc(NC(=O)c3ccccc3)cc3ncn(C4CCCC4)c23)cs1. The minimum Gasteiger partial charge on any atom is -0.344 e. The normalized spacial score (nSPS) is 14.9. The van der Waals surface area contributed by atoms with Crippen molar-refractivity contribution in [2.45, 2.75) is 51.6 Å². The van der Waals surface area contributed by atoms with E-state index in [1.165, 1.54) is 12.8 Å². The lowest BCUT2D eigenvalue weighted by Gasteiger charge is -2.17. The lowest BCUT2D eigenvalue weighted by molar-refractivity contribution is 0.0939. The van der Waals surface area contributed by atoms with Gasteiger partial charge in [-0.3, -0.25) is 9.59 Å². The van der Waals surface area contributed by atoms with Crippen LogP contribution in [-0.2, 0) is 0 Å². The first kappa shape index (κ1) is 22.3. The first-order valence-electron chi connectivity index (χ1n) is 11.6. The van der Waals surface area contributed by atoms with Gasteiger partial charge in [-0.15, -0.1) is 11.3 Å². The summed E-state index contributed by atoms with van der Waals surface area (Å²) in [5.74, 6) is -0.438. The molecule has 0 aliphatic heterocycles. The standard InChI is InChI=1S/C26H27N5O2S/c1-16(23-14-34-17(2)29-23)28-26(33)21-12-19(30-25(32)18-8-4-3-5-9-18)13-22-24(21)31(15-27-22)20-10-6-7-11-20/h3-5,8-9,12-16,20H,6-7,10-11H2,1-2H3,(H,28,33)(H,30,32). The number of fused-ring (bicyclic) bond motifs is 1. The van der Waals surface area contributed by atoms with E-state index in [9.17, 15) is 9.59 Å². The Morgan fingerprint density at radius 3 is 2.59 bits per heavy atom. The van der Waals surface area contributed by atoms with Gasteiger partial charge in [0.2, 0.25) is 0 Å². The molecule has 4 aromatic rings. The van der Waals surface area contributed by atoms with Crippen molar-refractivity contribution in [2.24, 2.45) is 0 Å². The van der Waals surface area contributed by atoms with E-state index in [0.29, 0.717) is 28.4 Å². The number of anilines is 1. The maximum atomic E-state index is 13.5. The molecule has 1 fully saturated rings. The number of aromatic nitrogens is 3. The molecule has 0 spiro atoms. The highest BCUT2D eigenvalue weighted by molar-refractivity contribution is 7.09. The van der Waals surface area contributed by atoms with Gasteiger partial charge in [0.25, 0.3) is 11.8 Å². The molecule has 7 nitrogen and oxygen atoms in total. The molecular formula is C26H27N5O2S. The summed E-state index contributed by atoms with van der Waals surface area (Å²) in [6.07, 6.45) is 6.34. The monoisotopic (exact) mass is 473 g/mol. The van der Waals surface area contributed by atoms with E-state index in [4.69, 9.17) is 0 Å². The van der Waals surface area contributed by atoms with E-state index in [2.05, 4.69) is 25.2 Å². The van der Waals surface area contributed by atoms with Crippen LogP contribution in [0.4, 0.5) is 5.69 Å². The summed E-state index contributed by atoms with van der Waals surface area (Å²) in [6, 6.07) is 12.7. The molecular weight excluding hydrogens is 446 g/mol. The van der Waals surface area contributed by atoms with Crippen LogP contribution in [0, 0.1) is 6.92 Å². The number of carbonyl (C=O) groups excluding carboxylic acids is 2. The summed E-state index contributed by atoms with van der Waals surface area (Å²) in [7, 11) is 0. The first-order chi connectivity index (χ1) is 16.5. The van der Waals surface area contributed by atoms with Gasteiger partial charge in [-0.05, 0) is 51.0 Å². The van der Waals surface area contributed by atoms with Crippen molar-refractivity contribution in [1.82, 2.24) is 19.9 Å². The fraction of sp³-hybridized carbons (Fsp3) is 0.308. The number of hydrogen-bond donors (Lipinski definition) is 2. The average molecular weight is 474 g/mol. The summed E-state index contributed by atoms with van der Waals surface area (Å²) in [6.45, 7) is 3.88. The highest BCUT2D eigenvalue weighted by atomic mass is 32.1. The Kier molecular flexibility index (Phi) is 6.15. The van der Waals surface area contributed by atoms with Crippen molar-refractivity contribution in [3.8, 4) is 0 Å². The van der Waals surface area contributed by atoms with E-state index >= 15 is 0 Å². The Labute approximate surface area is 202 Å². The molecule has 2 amide bonds. The van der Waals surface area contributed by atoms with Crippen LogP contribution < -0.4 is 10.6 Å². The number of imidazole rings is 1.